The second-order valence-corrected chi connectivity index (χ2v) is 4.02. The van der Waals surface area contributed by atoms with E-state index < -0.39 is 0 Å². The van der Waals surface area contributed by atoms with Gasteiger partial charge in [0.05, 0.1) is 7.11 Å². The maximum absolute atomic E-state index is 12.9. The van der Waals surface area contributed by atoms with Crippen LogP contribution in [0.3, 0.4) is 0 Å². The second-order valence-electron chi connectivity index (χ2n) is 4.02. The quantitative estimate of drug-likeness (QED) is 0.669. The van der Waals surface area contributed by atoms with E-state index in [0.717, 1.165) is 28.0 Å². The van der Waals surface area contributed by atoms with Gasteiger partial charge in [-0.05, 0) is 42.5 Å². The topological polar surface area (TPSA) is 22.4 Å². The maximum Gasteiger partial charge on any atom is 0.138 e. The minimum Gasteiger partial charge on any atom is -0.497 e. The molecular weight excluding hydrogens is 230 g/mol. The normalized spacial score (nSPS) is 10.8. The SMILES string of the molecule is COc1ccc2cc(-c3ccc([18F])cc3)oc2c1. The average molecular weight is 241 g/mol. The molecule has 3 rings (SSSR count). The van der Waals surface area contributed by atoms with Crippen molar-refractivity contribution in [2.75, 3.05) is 7.11 Å². The van der Waals surface area contributed by atoms with Crippen LogP contribution >= 0.6 is 0 Å². The Labute approximate surface area is 104 Å². The number of hydrogen-bond donors (Lipinski definition) is 0. The molecule has 0 radical (unpaired) electrons. The van der Waals surface area contributed by atoms with Gasteiger partial charge < -0.3 is 9.15 Å². The van der Waals surface area contributed by atoms with E-state index >= 15 is 0 Å². The van der Waals surface area contributed by atoms with Crippen LogP contribution < -0.4 is 4.74 Å². The van der Waals surface area contributed by atoms with Crippen molar-refractivity contribution in [2.24, 2.45) is 0 Å². The lowest BCUT2D eigenvalue weighted by atomic mass is 10.1. The van der Waals surface area contributed by atoms with E-state index in [1.54, 1.807) is 19.2 Å². The molecule has 0 atom stereocenters. The Bertz CT molecular complexity index is 683. The summed E-state index contributed by atoms with van der Waals surface area (Å²) in [5, 5.41) is 0.995. The lowest BCUT2D eigenvalue weighted by Crippen LogP contribution is -1.79. The Balaban J connectivity index is 2.10. The van der Waals surface area contributed by atoms with Gasteiger partial charge in [0, 0.05) is 17.0 Å². The number of hydrogen-bond acceptors (Lipinski definition) is 2. The zero-order valence-corrected chi connectivity index (χ0v) is 9.81. The van der Waals surface area contributed by atoms with E-state index in [2.05, 4.69) is 0 Å². The predicted molar refractivity (Wildman–Crippen MR) is 68.2 cm³/mol. The third-order valence-electron chi connectivity index (χ3n) is 2.86. The number of rotatable bonds is 2. The van der Waals surface area contributed by atoms with Crippen LogP contribution in [0.1, 0.15) is 0 Å². The van der Waals surface area contributed by atoms with Gasteiger partial charge in [0.2, 0.25) is 0 Å². The first-order chi connectivity index (χ1) is 8.76. The fourth-order valence-electron chi connectivity index (χ4n) is 1.89. The Morgan fingerprint density at radius 2 is 1.78 bits per heavy atom. The molecule has 0 aliphatic heterocycles. The molecule has 0 unspecified atom stereocenters. The molecule has 0 aliphatic rings. The number of furan rings is 1. The van der Waals surface area contributed by atoms with Crippen molar-refractivity contribution in [1.29, 1.82) is 0 Å². The molecule has 18 heavy (non-hydrogen) atoms. The van der Waals surface area contributed by atoms with Crippen molar-refractivity contribution in [3.05, 3.63) is 54.3 Å². The molecule has 0 spiro atoms. The largest absolute Gasteiger partial charge is 0.497 e. The molecule has 3 heteroatoms. The highest BCUT2D eigenvalue weighted by Gasteiger charge is 2.07. The molecule has 0 saturated heterocycles. The van der Waals surface area contributed by atoms with Gasteiger partial charge in [0.15, 0.2) is 0 Å². The van der Waals surface area contributed by atoms with Crippen LogP contribution in [0.25, 0.3) is 22.3 Å². The van der Waals surface area contributed by atoms with E-state index in [1.165, 1.54) is 12.1 Å². The van der Waals surface area contributed by atoms with Crippen LogP contribution in [0.15, 0.2) is 52.9 Å². The Kier molecular flexibility index (Phi) is 2.52. The van der Waals surface area contributed by atoms with E-state index in [0.29, 0.717) is 0 Å². The molecule has 0 amide bonds. The van der Waals surface area contributed by atoms with Crippen LogP contribution in [-0.2, 0) is 0 Å². The van der Waals surface area contributed by atoms with Crippen LogP contribution in [0, 0.1) is 5.82 Å². The summed E-state index contributed by atoms with van der Waals surface area (Å²) < 4.78 is 23.7. The summed E-state index contributed by atoms with van der Waals surface area (Å²) in [7, 11) is 1.62. The van der Waals surface area contributed by atoms with E-state index in [1.807, 2.05) is 24.3 Å². The van der Waals surface area contributed by atoms with Crippen molar-refractivity contribution in [3.8, 4) is 17.1 Å². The van der Waals surface area contributed by atoms with Gasteiger partial charge in [0.1, 0.15) is 22.9 Å². The first-order valence-corrected chi connectivity index (χ1v) is 5.60. The third kappa shape index (κ3) is 1.84. The molecule has 90 valence electrons. The number of benzene rings is 2. The lowest BCUT2D eigenvalue weighted by Gasteiger charge is -1.97. The number of methoxy groups -OCH3 is 1. The highest BCUT2D eigenvalue weighted by molar-refractivity contribution is 5.83. The molecular formula is C15H11FO2. The van der Waals surface area contributed by atoms with E-state index in [-0.39, 0.29) is 5.82 Å². The third-order valence-corrected chi connectivity index (χ3v) is 2.86. The van der Waals surface area contributed by atoms with Gasteiger partial charge >= 0.3 is 0 Å². The van der Waals surface area contributed by atoms with Crippen molar-refractivity contribution in [3.63, 3.8) is 0 Å². The highest BCUT2D eigenvalue weighted by Crippen LogP contribution is 2.30. The number of fused-ring (bicyclic) bond motifs is 1. The average Bonchev–Trinajstić information content (AvgIpc) is 2.82. The van der Waals surface area contributed by atoms with Crippen molar-refractivity contribution >= 4 is 11.0 Å². The molecule has 1 aromatic heterocycles. The molecule has 0 bridgehead atoms. The fraction of sp³-hybridized carbons (Fsp3) is 0.0667. The lowest BCUT2D eigenvalue weighted by molar-refractivity contribution is 0.414. The molecule has 0 saturated carbocycles. The summed E-state index contributed by atoms with van der Waals surface area (Å²) >= 11 is 0. The monoisotopic (exact) mass is 241 g/mol. The summed E-state index contributed by atoms with van der Waals surface area (Å²) in [6.45, 7) is 0. The summed E-state index contributed by atoms with van der Waals surface area (Å²) in [4.78, 5) is 0. The van der Waals surface area contributed by atoms with Crippen LogP contribution in [-0.4, -0.2) is 7.11 Å². The highest BCUT2D eigenvalue weighted by atomic mass is 18.2. The second kappa shape index (κ2) is 4.18. The Hall–Kier alpha value is -2.29. The van der Waals surface area contributed by atoms with Gasteiger partial charge in [-0.1, -0.05) is 0 Å². The molecule has 0 fully saturated rings. The smallest absolute Gasteiger partial charge is 0.138 e. The van der Waals surface area contributed by atoms with E-state index in [9.17, 15) is 4.39 Å². The van der Waals surface area contributed by atoms with Crippen molar-refractivity contribution in [1.82, 2.24) is 0 Å². The van der Waals surface area contributed by atoms with Gasteiger partial charge in [-0.25, -0.2) is 4.39 Å². The van der Waals surface area contributed by atoms with Gasteiger partial charge in [-0.2, -0.15) is 0 Å². The van der Waals surface area contributed by atoms with Gasteiger partial charge in [0.25, 0.3) is 0 Å². The summed E-state index contributed by atoms with van der Waals surface area (Å²) in [5.74, 6) is 1.22. The van der Waals surface area contributed by atoms with Crippen molar-refractivity contribution in [2.45, 2.75) is 0 Å². The standard InChI is InChI=1S/C15H11FO2/c1-17-13-7-4-11-8-14(18-15(11)9-13)10-2-5-12(16)6-3-10/h2-9H,1H3/i16-1. The maximum atomic E-state index is 12.9. The molecule has 1 heterocycles. The molecule has 2 nitrogen and oxygen atoms in total. The molecule has 0 N–H and O–H groups in total. The number of halogens is 1. The van der Waals surface area contributed by atoms with Crippen LogP contribution in [0.4, 0.5) is 4.39 Å². The first kappa shape index (κ1) is 10.8. The zero-order chi connectivity index (χ0) is 12.5. The Morgan fingerprint density at radius 1 is 1.00 bits per heavy atom. The van der Waals surface area contributed by atoms with Crippen LogP contribution in [0.2, 0.25) is 0 Å². The summed E-state index contributed by atoms with van der Waals surface area (Å²) in [6.07, 6.45) is 0. The van der Waals surface area contributed by atoms with E-state index in [4.69, 9.17) is 9.15 Å². The van der Waals surface area contributed by atoms with Gasteiger partial charge in [-0.15, -0.1) is 0 Å². The minimum atomic E-state index is -0.253. The predicted octanol–water partition coefficient (Wildman–Crippen LogP) is 4.25. The molecule has 0 aliphatic carbocycles. The minimum absolute atomic E-state index is 0.253. The first-order valence-electron chi connectivity index (χ1n) is 5.60. The summed E-state index contributed by atoms with van der Waals surface area (Å²) in [5.41, 5.74) is 1.61. The van der Waals surface area contributed by atoms with Crippen molar-refractivity contribution < 1.29 is 13.5 Å². The van der Waals surface area contributed by atoms with Gasteiger partial charge in [-0.3, -0.25) is 0 Å². The zero-order valence-electron chi connectivity index (χ0n) is 9.81. The Morgan fingerprint density at radius 3 is 2.50 bits per heavy atom. The molecule has 3 aromatic rings. The molecule has 2 aromatic carbocycles. The van der Waals surface area contributed by atoms with Crippen LogP contribution in [0.5, 0.6) is 5.75 Å². The fourth-order valence-corrected chi connectivity index (χ4v) is 1.89. The number of ether oxygens (including phenoxy) is 1. The summed E-state index contributed by atoms with van der Waals surface area (Å²) in [6, 6.07) is 13.8.